The van der Waals surface area contributed by atoms with E-state index in [1.165, 1.54) is 10.4 Å². The summed E-state index contributed by atoms with van der Waals surface area (Å²) in [5.74, 6) is -0.500. The zero-order valence-corrected chi connectivity index (χ0v) is 12.8. The molecule has 7 heteroatoms. The number of rotatable bonds is 3. The van der Waals surface area contributed by atoms with E-state index in [2.05, 4.69) is 0 Å². The van der Waals surface area contributed by atoms with Gasteiger partial charge in [-0.05, 0) is 30.5 Å². The third-order valence-corrected chi connectivity index (χ3v) is 6.14. The predicted molar refractivity (Wildman–Crippen MR) is 76.5 cm³/mol. The fraction of sp³-hybridized carbons (Fsp3) is 0.538. The minimum Gasteiger partial charge on any atom is -0.327 e. The standard InChI is InChI=1S/C13H18ClFN2O2S/c1-2-9-8-17(6-5-12(9)16)20(18,19)13-7-10(15)3-4-11(13)14/h3-4,7,9,12H,2,5-6,8,16H2,1H3. The van der Waals surface area contributed by atoms with Crippen LogP contribution in [0, 0.1) is 11.7 Å². The van der Waals surface area contributed by atoms with Crippen LogP contribution in [-0.4, -0.2) is 31.9 Å². The number of piperidine rings is 1. The van der Waals surface area contributed by atoms with E-state index < -0.39 is 15.8 Å². The summed E-state index contributed by atoms with van der Waals surface area (Å²) in [6, 6.07) is 3.38. The summed E-state index contributed by atoms with van der Waals surface area (Å²) in [6.07, 6.45) is 1.41. The summed E-state index contributed by atoms with van der Waals surface area (Å²) >= 11 is 5.90. The zero-order valence-electron chi connectivity index (χ0n) is 11.2. The first-order valence-corrected chi connectivity index (χ1v) is 8.39. The summed E-state index contributed by atoms with van der Waals surface area (Å²) in [4.78, 5) is -0.176. The molecule has 1 heterocycles. The molecule has 0 amide bonds. The van der Waals surface area contributed by atoms with E-state index in [4.69, 9.17) is 17.3 Å². The predicted octanol–water partition coefficient (Wildman–Crippen LogP) is 2.23. The van der Waals surface area contributed by atoms with Crippen LogP contribution in [0.5, 0.6) is 0 Å². The minimum atomic E-state index is -3.78. The maximum absolute atomic E-state index is 13.3. The van der Waals surface area contributed by atoms with Gasteiger partial charge in [0, 0.05) is 19.1 Å². The molecule has 0 aromatic heterocycles. The third-order valence-electron chi connectivity index (χ3n) is 3.79. The fourth-order valence-corrected chi connectivity index (χ4v) is 4.48. The number of sulfonamides is 1. The lowest BCUT2D eigenvalue weighted by Crippen LogP contribution is -2.48. The van der Waals surface area contributed by atoms with E-state index in [9.17, 15) is 12.8 Å². The molecule has 1 aliphatic rings. The lowest BCUT2D eigenvalue weighted by Gasteiger charge is -2.35. The van der Waals surface area contributed by atoms with Gasteiger partial charge in [0.05, 0.1) is 5.02 Å². The van der Waals surface area contributed by atoms with Gasteiger partial charge < -0.3 is 5.73 Å². The van der Waals surface area contributed by atoms with Crippen LogP contribution in [-0.2, 0) is 10.0 Å². The number of halogens is 2. The van der Waals surface area contributed by atoms with Gasteiger partial charge in [-0.15, -0.1) is 0 Å². The summed E-state index contributed by atoms with van der Waals surface area (Å²) in [5.41, 5.74) is 5.98. The Morgan fingerprint density at radius 3 is 2.85 bits per heavy atom. The van der Waals surface area contributed by atoms with Crippen molar-refractivity contribution in [1.29, 1.82) is 0 Å². The average molecular weight is 321 g/mol. The number of benzene rings is 1. The van der Waals surface area contributed by atoms with Crippen LogP contribution < -0.4 is 5.73 Å². The molecule has 2 N–H and O–H groups in total. The van der Waals surface area contributed by atoms with Gasteiger partial charge in [-0.1, -0.05) is 24.9 Å². The molecule has 1 aromatic carbocycles. The second kappa shape index (κ2) is 5.97. The second-order valence-electron chi connectivity index (χ2n) is 5.06. The molecule has 112 valence electrons. The van der Waals surface area contributed by atoms with Crippen LogP contribution in [0.1, 0.15) is 19.8 Å². The molecule has 2 atom stereocenters. The van der Waals surface area contributed by atoms with Crippen molar-refractivity contribution in [2.75, 3.05) is 13.1 Å². The average Bonchev–Trinajstić information content (AvgIpc) is 2.41. The molecule has 0 radical (unpaired) electrons. The summed E-state index contributed by atoms with van der Waals surface area (Å²) in [6.45, 7) is 2.68. The van der Waals surface area contributed by atoms with Crippen molar-refractivity contribution < 1.29 is 12.8 Å². The number of hydrogen-bond donors (Lipinski definition) is 1. The molecule has 0 spiro atoms. The highest BCUT2D eigenvalue weighted by atomic mass is 35.5. The molecule has 0 aliphatic carbocycles. The van der Waals surface area contributed by atoms with Crippen molar-refractivity contribution in [3.8, 4) is 0 Å². The lowest BCUT2D eigenvalue weighted by atomic mass is 9.92. The summed E-state index contributed by atoms with van der Waals surface area (Å²) in [5, 5.41) is 0.0364. The smallest absolute Gasteiger partial charge is 0.244 e. The molecule has 0 saturated carbocycles. The molecular formula is C13H18ClFN2O2S. The van der Waals surface area contributed by atoms with Crippen LogP contribution >= 0.6 is 11.6 Å². The van der Waals surface area contributed by atoms with Crippen LogP contribution in [0.2, 0.25) is 5.02 Å². The Morgan fingerprint density at radius 1 is 1.50 bits per heavy atom. The van der Waals surface area contributed by atoms with Crippen molar-refractivity contribution >= 4 is 21.6 Å². The normalized spacial score (nSPS) is 24.8. The van der Waals surface area contributed by atoms with Gasteiger partial charge in [0.15, 0.2) is 0 Å². The zero-order chi connectivity index (χ0) is 14.9. The Morgan fingerprint density at radius 2 is 2.20 bits per heavy atom. The van der Waals surface area contributed by atoms with Crippen molar-refractivity contribution in [2.45, 2.75) is 30.7 Å². The van der Waals surface area contributed by atoms with Crippen LogP contribution in [0.15, 0.2) is 23.1 Å². The van der Waals surface area contributed by atoms with E-state index in [1.54, 1.807) is 0 Å². The van der Waals surface area contributed by atoms with E-state index >= 15 is 0 Å². The van der Waals surface area contributed by atoms with Gasteiger partial charge in [0.2, 0.25) is 10.0 Å². The van der Waals surface area contributed by atoms with Gasteiger partial charge in [-0.3, -0.25) is 0 Å². The number of nitrogens with zero attached hydrogens (tertiary/aromatic N) is 1. The highest BCUT2D eigenvalue weighted by Gasteiger charge is 2.34. The van der Waals surface area contributed by atoms with E-state index in [0.717, 1.165) is 18.6 Å². The Bertz CT molecular complexity index is 594. The first-order chi connectivity index (χ1) is 9.36. The maximum Gasteiger partial charge on any atom is 0.244 e. The molecule has 1 aliphatic heterocycles. The molecule has 2 unspecified atom stereocenters. The Hall–Kier alpha value is -0.690. The van der Waals surface area contributed by atoms with Gasteiger partial charge in [-0.2, -0.15) is 4.31 Å². The highest BCUT2D eigenvalue weighted by molar-refractivity contribution is 7.89. The Labute approximate surface area is 123 Å². The second-order valence-corrected chi connectivity index (χ2v) is 7.37. The molecule has 20 heavy (non-hydrogen) atoms. The first-order valence-electron chi connectivity index (χ1n) is 6.57. The van der Waals surface area contributed by atoms with E-state index in [0.29, 0.717) is 19.5 Å². The van der Waals surface area contributed by atoms with Crippen LogP contribution in [0.25, 0.3) is 0 Å². The third kappa shape index (κ3) is 2.98. The monoisotopic (exact) mass is 320 g/mol. The summed E-state index contributed by atoms with van der Waals surface area (Å²) in [7, 11) is -3.78. The van der Waals surface area contributed by atoms with Gasteiger partial charge >= 0.3 is 0 Å². The van der Waals surface area contributed by atoms with E-state index in [1.807, 2.05) is 6.92 Å². The van der Waals surface area contributed by atoms with Crippen molar-refractivity contribution in [1.82, 2.24) is 4.31 Å². The van der Waals surface area contributed by atoms with Crippen LogP contribution in [0.3, 0.4) is 0 Å². The highest BCUT2D eigenvalue weighted by Crippen LogP contribution is 2.29. The molecule has 1 fully saturated rings. The largest absolute Gasteiger partial charge is 0.327 e. The molecule has 0 bridgehead atoms. The van der Waals surface area contributed by atoms with Crippen molar-refractivity contribution in [3.63, 3.8) is 0 Å². The number of hydrogen-bond acceptors (Lipinski definition) is 3. The molecule has 4 nitrogen and oxygen atoms in total. The van der Waals surface area contributed by atoms with Crippen LogP contribution in [0.4, 0.5) is 4.39 Å². The van der Waals surface area contributed by atoms with Gasteiger partial charge in [0.1, 0.15) is 10.7 Å². The maximum atomic E-state index is 13.3. The molecule has 2 rings (SSSR count). The quantitative estimate of drug-likeness (QED) is 0.929. The topological polar surface area (TPSA) is 63.4 Å². The fourth-order valence-electron chi connectivity index (χ4n) is 2.48. The minimum absolute atomic E-state index is 0.00873. The van der Waals surface area contributed by atoms with Gasteiger partial charge in [0.25, 0.3) is 0 Å². The molecule has 1 aromatic rings. The first kappa shape index (κ1) is 15.7. The SMILES string of the molecule is CCC1CN(S(=O)(=O)c2cc(F)ccc2Cl)CCC1N. The van der Waals surface area contributed by atoms with Crippen molar-refractivity contribution in [2.24, 2.45) is 11.7 Å². The summed E-state index contributed by atoms with van der Waals surface area (Å²) < 4.78 is 39.8. The van der Waals surface area contributed by atoms with E-state index in [-0.39, 0.29) is 21.9 Å². The molecule has 1 saturated heterocycles. The molecular weight excluding hydrogens is 303 g/mol. The number of nitrogens with two attached hydrogens (primary N) is 1. The Kier molecular flexibility index (Phi) is 4.69. The van der Waals surface area contributed by atoms with Gasteiger partial charge in [-0.25, -0.2) is 12.8 Å². The van der Waals surface area contributed by atoms with Crippen molar-refractivity contribution in [3.05, 3.63) is 29.0 Å². The lowest BCUT2D eigenvalue weighted by molar-refractivity contribution is 0.230. The Balaban J connectivity index is 2.33.